The fourth-order valence-corrected chi connectivity index (χ4v) is 6.70. The number of hydrogen-bond acceptors (Lipinski definition) is 5. The first-order valence-electron chi connectivity index (χ1n) is 13.7. The van der Waals surface area contributed by atoms with Gasteiger partial charge in [0.2, 0.25) is 20.9 Å². The molecule has 1 aliphatic rings. The van der Waals surface area contributed by atoms with E-state index in [1.165, 1.54) is 0 Å². The molecular weight excluding hydrogens is 522 g/mol. The van der Waals surface area contributed by atoms with Crippen LogP contribution in [0.3, 0.4) is 0 Å². The van der Waals surface area contributed by atoms with Gasteiger partial charge in [-0.3, -0.25) is 4.79 Å². The lowest BCUT2D eigenvalue weighted by atomic mass is 10.1. The third-order valence-electron chi connectivity index (χ3n) is 7.32. The highest BCUT2D eigenvalue weighted by Crippen LogP contribution is 2.23. The van der Waals surface area contributed by atoms with E-state index in [0.29, 0.717) is 25.4 Å². The standard InChI is InChI=1S/C32H35N3O4S/c1-25-11-8-9-16-28(25)24-40(37,38)32-33-20-29(35(32)21-27-14-6-3-7-15-27)22-34(23-30-17-10-18-39-30)31(36)19-26-12-4-2-5-13-26/h2-9,11-16,20,30H,10,17-19,21-24H2,1H3/t30-/m0/s1. The monoisotopic (exact) mass is 557 g/mol. The second-order valence-corrected chi connectivity index (χ2v) is 12.2. The SMILES string of the molecule is Cc1ccccc1CS(=O)(=O)c1ncc(CN(C[C@@H]2CCCO2)C(=O)Cc2ccccc2)n1Cc1ccccc1. The summed E-state index contributed by atoms with van der Waals surface area (Å²) in [7, 11) is -3.77. The summed E-state index contributed by atoms with van der Waals surface area (Å²) in [6, 6.07) is 26.9. The maximum Gasteiger partial charge on any atom is 0.228 e. The van der Waals surface area contributed by atoms with Crippen LogP contribution in [-0.4, -0.2) is 48.0 Å². The van der Waals surface area contributed by atoms with Crippen molar-refractivity contribution in [2.75, 3.05) is 13.2 Å². The Bertz CT molecular complexity index is 1530. The molecule has 4 aromatic rings. The fourth-order valence-electron chi connectivity index (χ4n) is 5.11. The van der Waals surface area contributed by atoms with Crippen LogP contribution < -0.4 is 0 Å². The molecule has 0 radical (unpaired) electrons. The average Bonchev–Trinajstić information content (AvgIpc) is 3.61. The van der Waals surface area contributed by atoms with Gasteiger partial charge in [-0.15, -0.1) is 0 Å². The summed E-state index contributed by atoms with van der Waals surface area (Å²) in [4.78, 5) is 19.8. The molecule has 1 aliphatic heterocycles. The average molecular weight is 558 g/mol. The minimum atomic E-state index is -3.77. The van der Waals surface area contributed by atoms with E-state index >= 15 is 0 Å². The van der Waals surface area contributed by atoms with E-state index < -0.39 is 9.84 Å². The van der Waals surface area contributed by atoms with Crippen LogP contribution >= 0.6 is 0 Å². The summed E-state index contributed by atoms with van der Waals surface area (Å²) in [6.07, 6.45) is 3.70. The number of carbonyl (C=O) groups excluding carboxylic acids is 1. The maximum absolute atomic E-state index is 13.7. The van der Waals surface area contributed by atoms with Gasteiger partial charge in [0.25, 0.3) is 0 Å². The minimum Gasteiger partial charge on any atom is -0.376 e. The molecule has 0 aliphatic carbocycles. The zero-order valence-electron chi connectivity index (χ0n) is 22.8. The van der Waals surface area contributed by atoms with Crippen LogP contribution in [0.5, 0.6) is 0 Å². The van der Waals surface area contributed by atoms with Crippen molar-refractivity contribution in [1.29, 1.82) is 0 Å². The van der Waals surface area contributed by atoms with Gasteiger partial charge in [-0.25, -0.2) is 13.4 Å². The first-order valence-corrected chi connectivity index (χ1v) is 15.3. The van der Waals surface area contributed by atoms with Gasteiger partial charge in [0.15, 0.2) is 0 Å². The molecule has 1 saturated heterocycles. The molecule has 0 spiro atoms. The van der Waals surface area contributed by atoms with Gasteiger partial charge >= 0.3 is 0 Å². The number of imidazole rings is 1. The van der Waals surface area contributed by atoms with Crippen LogP contribution in [0.15, 0.2) is 96.3 Å². The Morgan fingerprint density at radius 1 is 0.975 bits per heavy atom. The van der Waals surface area contributed by atoms with Gasteiger partial charge in [0, 0.05) is 13.2 Å². The fraction of sp³-hybridized carbons (Fsp3) is 0.312. The normalized spacial score (nSPS) is 15.3. The molecule has 5 rings (SSSR count). The molecule has 1 atom stereocenters. The number of ether oxygens (including phenoxy) is 1. The molecule has 0 unspecified atom stereocenters. The summed E-state index contributed by atoms with van der Waals surface area (Å²) in [5, 5.41) is 0.0159. The third-order valence-corrected chi connectivity index (χ3v) is 8.90. The van der Waals surface area contributed by atoms with Crippen molar-refractivity contribution >= 4 is 15.7 Å². The predicted octanol–water partition coefficient (Wildman–Crippen LogP) is 4.96. The Labute approximate surface area is 236 Å². The van der Waals surface area contributed by atoms with E-state index in [-0.39, 0.29) is 35.9 Å². The molecule has 7 nitrogen and oxygen atoms in total. The van der Waals surface area contributed by atoms with E-state index in [1.807, 2.05) is 91.9 Å². The Kier molecular flexibility index (Phi) is 8.77. The highest BCUT2D eigenvalue weighted by molar-refractivity contribution is 7.90. The number of hydrogen-bond donors (Lipinski definition) is 0. The number of rotatable bonds is 11. The number of amides is 1. The lowest BCUT2D eigenvalue weighted by Crippen LogP contribution is -2.38. The van der Waals surface area contributed by atoms with Crippen LogP contribution in [0.2, 0.25) is 0 Å². The van der Waals surface area contributed by atoms with Crippen molar-refractivity contribution in [3.8, 4) is 0 Å². The predicted molar refractivity (Wildman–Crippen MR) is 154 cm³/mol. The Morgan fingerprint density at radius 3 is 2.33 bits per heavy atom. The van der Waals surface area contributed by atoms with Crippen LogP contribution in [0.4, 0.5) is 0 Å². The second-order valence-electron chi connectivity index (χ2n) is 10.4. The topological polar surface area (TPSA) is 81.5 Å². The Balaban J connectivity index is 1.48. The van der Waals surface area contributed by atoms with Gasteiger partial charge in [-0.2, -0.15) is 0 Å². The minimum absolute atomic E-state index is 0.0159. The molecule has 1 amide bonds. The van der Waals surface area contributed by atoms with Crippen molar-refractivity contribution in [1.82, 2.24) is 14.5 Å². The Hall–Kier alpha value is -3.75. The van der Waals surface area contributed by atoms with Crippen LogP contribution in [0.25, 0.3) is 0 Å². The number of carbonyl (C=O) groups is 1. The number of benzene rings is 3. The summed E-state index contributed by atoms with van der Waals surface area (Å²) in [5.41, 5.74) is 4.23. The number of sulfone groups is 1. The number of aryl methyl sites for hydroxylation is 1. The zero-order chi connectivity index (χ0) is 28.0. The van der Waals surface area contributed by atoms with Crippen molar-refractivity contribution in [3.05, 3.63) is 119 Å². The van der Waals surface area contributed by atoms with E-state index in [9.17, 15) is 13.2 Å². The van der Waals surface area contributed by atoms with Crippen LogP contribution in [0.1, 0.15) is 40.8 Å². The van der Waals surface area contributed by atoms with Gasteiger partial charge in [0.1, 0.15) is 0 Å². The third kappa shape index (κ3) is 6.87. The smallest absolute Gasteiger partial charge is 0.228 e. The number of aromatic nitrogens is 2. The molecule has 3 aromatic carbocycles. The largest absolute Gasteiger partial charge is 0.376 e. The van der Waals surface area contributed by atoms with Gasteiger partial charge in [0.05, 0.1) is 43.3 Å². The van der Waals surface area contributed by atoms with Crippen molar-refractivity contribution in [2.24, 2.45) is 0 Å². The molecular formula is C32H35N3O4S. The van der Waals surface area contributed by atoms with Gasteiger partial charge < -0.3 is 14.2 Å². The highest BCUT2D eigenvalue weighted by atomic mass is 32.2. The zero-order valence-corrected chi connectivity index (χ0v) is 23.6. The van der Waals surface area contributed by atoms with E-state index in [4.69, 9.17) is 4.74 Å². The van der Waals surface area contributed by atoms with Gasteiger partial charge in [-0.1, -0.05) is 84.9 Å². The first kappa shape index (κ1) is 27.8. The quantitative estimate of drug-likeness (QED) is 0.260. The molecule has 8 heteroatoms. The molecule has 2 heterocycles. The molecule has 1 fully saturated rings. The molecule has 0 N–H and O–H groups in total. The Morgan fingerprint density at radius 2 is 1.65 bits per heavy atom. The summed E-state index contributed by atoms with van der Waals surface area (Å²) >= 11 is 0. The summed E-state index contributed by atoms with van der Waals surface area (Å²) in [5.74, 6) is -0.171. The second kappa shape index (κ2) is 12.6. The van der Waals surface area contributed by atoms with Crippen LogP contribution in [0, 0.1) is 6.92 Å². The lowest BCUT2D eigenvalue weighted by molar-refractivity contribution is -0.132. The summed E-state index contributed by atoms with van der Waals surface area (Å²) < 4.78 is 35.1. The molecule has 208 valence electrons. The van der Waals surface area contributed by atoms with Crippen molar-refractivity contribution in [3.63, 3.8) is 0 Å². The van der Waals surface area contributed by atoms with E-state index in [0.717, 1.165) is 35.1 Å². The molecule has 1 aromatic heterocycles. The van der Waals surface area contributed by atoms with Gasteiger partial charge in [-0.05, 0) is 42.0 Å². The van der Waals surface area contributed by atoms with Crippen LogP contribution in [-0.2, 0) is 44.6 Å². The molecule has 0 saturated carbocycles. The van der Waals surface area contributed by atoms with E-state index in [2.05, 4.69) is 4.98 Å². The maximum atomic E-state index is 13.7. The first-order chi connectivity index (χ1) is 19.4. The summed E-state index contributed by atoms with van der Waals surface area (Å²) in [6.45, 7) is 3.63. The molecule has 40 heavy (non-hydrogen) atoms. The van der Waals surface area contributed by atoms with Crippen molar-refractivity contribution in [2.45, 2.75) is 56.3 Å². The van der Waals surface area contributed by atoms with Crippen molar-refractivity contribution < 1.29 is 17.9 Å². The highest BCUT2D eigenvalue weighted by Gasteiger charge is 2.28. The van der Waals surface area contributed by atoms with E-state index in [1.54, 1.807) is 15.7 Å². The lowest BCUT2D eigenvalue weighted by Gasteiger charge is -2.26. The molecule has 0 bridgehead atoms. The number of nitrogens with zero attached hydrogens (tertiary/aromatic N) is 3.